The summed E-state index contributed by atoms with van der Waals surface area (Å²) < 4.78 is 1.11. The molecule has 15 heavy (non-hydrogen) atoms. The minimum atomic E-state index is 0.272. The van der Waals surface area contributed by atoms with E-state index in [4.69, 9.17) is 0 Å². The Morgan fingerprint density at radius 2 is 2.07 bits per heavy atom. The largest absolute Gasteiger partial charge is 0.396 e. The van der Waals surface area contributed by atoms with Crippen molar-refractivity contribution in [1.82, 2.24) is 5.32 Å². The highest BCUT2D eigenvalue weighted by Crippen LogP contribution is 2.30. The first-order valence-electron chi connectivity index (χ1n) is 5.38. The van der Waals surface area contributed by atoms with E-state index < -0.39 is 0 Å². The lowest BCUT2D eigenvalue weighted by Gasteiger charge is -2.31. The topological polar surface area (TPSA) is 32.3 Å². The van der Waals surface area contributed by atoms with Gasteiger partial charge in [0.2, 0.25) is 0 Å². The second kappa shape index (κ2) is 5.10. The van der Waals surface area contributed by atoms with Crippen LogP contribution < -0.4 is 5.32 Å². The molecule has 0 spiro atoms. The third-order valence-electron chi connectivity index (χ3n) is 3.14. The zero-order valence-electron chi connectivity index (χ0n) is 8.62. The molecule has 2 rings (SSSR count). The van der Waals surface area contributed by atoms with Gasteiger partial charge in [-0.25, -0.2) is 0 Å². The molecule has 0 amide bonds. The van der Waals surface area contributed by atoms with Crippen LogP contribution in [-0.2, 0) is 0 Å². The van der Waals surface area contributed by atoms with E-state index in [-0.39, 0.29) is 6.61 Å². The normalized spacial score (nSPS) is 26.5. The molecule has 82 valence electrons. The quantitative estimate of drug-likeness (QED) is 0.863. The fourth-order valence-electron chi connectivity index (χ4n) is 2.26. The molecule has 1 unspecified atom stereocenters. The SMILES string of the molecule is OCC1CNCC[C@@H]1c1ccc(Br)cc1. The van der Waals surface area contributed by atoms with Crippen LogP contribution in [-0.4, -0.2) is 24.8 Å². The fraction of sp³-hybridized carbons (Fsp3) is 0.500. The lowest BCUT2D eigenvalue weighted by Crippen LogP contribution is -2.37. The number of rotatable bonds is 2. The van der Waals surface area contributed by atoms with E-state index in [1.54, 1.807) is 0 Å². The first-order chi connectivity index (χ1) is 7.31. The van der Waals surface area contributed by atoms with Crippen LogP contribution >= 0.6 is 15.9 Å². The summed E-state index contributed by atoms with van der Waals surface area (Å²) in [6.45, 7) is 2.25. The van der Waals surface area contributed by atoms with Crippen LogP contribution in [0.5, 0.6) is 0 Å². The van der Waals surface area contributed by atoms with E-state index in [0.29, 0.717) is 11.8 Å². The van der Waals surface area contributed by atoms with Crippen LogP contribution in [0.25, 0.3) is 0 Å². The van der Waals surface area contributed by atoms with Gasteiger partial charge in [0.25, 0.3) is 0 Å². The molecule has 1 aromatic rings. The van der Waals surface area contributed by atoms with Gasteiger partial charge in [0.05, 0.1) is 0 Å². The van der Waals surface area contributed by atoms with Gasteiger partial charge in [0.15, 0.2) is 0 Å². The molecule has 2 atom stereocenters. The van der Waals surface area contributed by atoms with Crippen molar-refractivity contribution in [3.8, 4) is 0 Å². The summed E-state index contributed by atoms with van der Waals surface area (Å²) in [5.41, 5.74) is 1.35. The van der Waals surface area contributed by atoms with E-state index in [1.807, 2.05) is 0 Å². The molecule has 0 aliphatic carbocycles. The predicted octanol–water partition coefficient (Wildman–Crippen LogP) is 2.13. The highest BCUT2D eigenvalue weighted by atomic mass is 79.9. The lowest BCUT2D eigenvalue weighted by molar-refractivity contribution is 0.179. The van der Waals surface area contributed by atoms with Crippen LogP contribution in [0, 0.1) is 5.92 Å². The molecule has 1 fully saturated rings. The monoisotopic (exact) mass is 269 g/mol. The minimum Gasteiger partial charge on any atom is -0.396 e. The third-order valence-corrected chi connectivity index (χ3v) is 3.67. The van der Waals surface area contributed by atoms with Gasteiger partial charge in [-0.2, -0.15) is 0 Å². The second-order valence-electron chi connectivity index (χ2n) is 4.09. The Balaban J connectivity index is 2.16. The molecule has 1 heterocycles. The Morgan fingerprint density at radius 3 is 2.73 bits per heavy atom. The number of hydrogen-bond donors (Lipinski definition) is 2. The molecule has 1 aliphatic rings. The van der Waals surface area contributed by atoms with Crippen molar-refractivity contribution in [3.05, 3.63) is 34.3 Å². The van der Waals surface area contributed by atoms with Gasteiger partial charge in [-0.3, -0.25) is 0 Å². The van der Waals surface area contributed by atoms with E-state index >= 15 is 0 Å². The first-order valence-corrected chi connectivity index (χ1v) is 6.17. The molecule has 2 N–H and O–H groups in total. The highest BCUT2D eigenvalue weighted by Gasteiger charge is 2.25. The lowest BCUT2D eigenvalue weighted by atomic mass is 9.82. The molecule has 0 radical (unpaired) electrons. The maximum absolute atomic E-state index is 9.33. The van der Waals surface area contributed by atoms with E-state index in [9.17, 15) is 5.11 Å². The second-order valence-corrected chi connectivity index (χ2v) is 5.01. The van der Waals surface area contributed by atoms with Crippen molar-refractivity contribution >= 4 is 15.9 Å². The van der Waals surface area contributed by atoms with Gasteiger partial charge in [0, 0.05) is 23.5 Å². The van der Waals surface area contributed by atoms with Gasteiger partial charge in [0.1, 0.15) is 0 Å². The summed E-state index contributed by atoms with van der Waals surface area (Å²) in [5.74, 6) is 0.865. The molecule has 1 aliphatic heterocycles. The van der Waals surface area contributed by atoms with Crippen molar-refractivity contribution < 1.29 is 5.11 Å². The summed E-state index contributed by atoms with van der Waals surface area (Å²) in [7, 11) is 0. The molecular weight excluding hydrogens is 254 g/mol. The van der Waals surface area contributed by atoms with Crippen LogP contribution in [0.3, 0.4) is 0 Å². The molecule has 0 aromatic heterocycles. The first kappa shape index (κ1) is 11.1. The molecule has 3 heteroatoms. The van der Waals surface area contributed by atoms with E-state index in [1.165, 1.54) is 5.56 Å². The molecule has 0 saturated carbocycles. The molecule has 1 saturated heterocycles. The maximum Gasteiger partial charge on any atom is 0.0477 e. The zero-order valence-corrected chi connectivity index (χ0v) is 10.2. The summed E-state index contributed by atoms with van der Waals surface area (Å²) in [5, 5.41) is 12.7. The number of nitrogens with one attached hydrogen (secondary N) is 1. The van der Waals surface area contributed by atoms with E-state index in [0.717, 1.165) is 24.0 Å². The summed E-state index contributed by atoms with van der Waals surface area (Å²) in [4.78, 5) is 0. The Kier molecular flexibility index (Phi) is 3.78. The van der Waals surface area contributed by atoms with Crippen molar-refractivity contribution in [3.63, 3.8) is 0 Å². The predicted molar refractivity (Wildman–Crippen MR) is 64.9 cm³/mol. The third kappa shape index (κ3) is 2.60. The molecule has 0 bridgehead atoms. The standard InChI is InChI=1S/C12H16BrNO/c13-11-3-1-9(2-4-11)12-5-6-14-7-10(12)8-15/h1-4,10,12,14-15H,5-8H2/t10?,12-/m1/s1. The van der Waals surface area contributed by atoms with Crippen LogP contribution in [0.15, 0.2) is 28.7 Å². The van der Waals surface area contributed by atoms with Gasteiger partial charge >= 0.3 is 0 Å². The van der Waals surface area contributed by atoms with Crippen LogP contribution in [0.1, 0.15) is 17.9 Å². The Hall–Kier alpha value is -0.380. The Labute approximate surface area is 98.8 Å². The Morgan fingerprint density at radius 1 is 1.33 bits per heavy atom. The van der Waals surface area contributed by atoms with Crippen LogP contribution in [0.2, 0.25) is 0 Å². The summed E-state index contributed by atoms with van der Waals surface area (Å²) in [6.07, 6.45) is 1.12. The number of hydrogen-bond acceptors (Lipinski definition) is 2. The van der Waals surface area contributed by atoms with E-state index in [2.05, 4.69) is 45.5 Å². The van der Waals surface area contributed by atoms with Crippen molar-refractivity contribution in [2.45, 2.75) is 12.3 Å². The molecule has 1 aromatic carbocycles. The number of benzene rings is 1. The fourth-order valence-corrected chi connectivity index (χ4v) is 2.53. The smallest absolute Gasteiger partial charge is 0.0477 e. The number of piperidine rings is 1. The average Bonchev–Trinajstić information content (AvgIpc) is 2.30. The highest BCUT2D eigenvalue weighted by molar-refractivity contribution is 9.10. The summed E-state index contributed by atoms with van der Waals surface area (Å²) >= 11 is 3.44. The summed E-state index contributed by atoms with van der Waals surface area (Å²) in [6, 6.07) is 8.46. The van der Waals surface area contributed by atoms with Crippen molar-refractivity contribution in [1.29, 1.82) is 0 Å². The van der Waals surface area contributed by atoms with Crippen molar-refractivity contribution in [2.24, 2.45) is 5.92 Å². The maximum atomic E-state index is 9.33. The van der Waals surface area contributed by atoms with Crippen molar-refractivity contribution in [2.75, 3.05) is 19.7 Å². The Bertz CT molecular complexity index is 312. The van der Waals surface area contributed by atoms with Gasteiger partial charge in [-0.05, 0) is 36.6 Å². The average molecular weight is 270 g/mol. The number of halogens is 1. The molecule has 2 nitrogen and oxygen atoms in total. The number of aliphatic hydroxyl groups is 1. The van der Waals surface area contributed by atoms with Gasteiger partial charge < -0.3 is 10.4 Å². The molecular formula is C12H16BrNO. The zero-order chi connectivity index (χ0) is 10.7. The van der Waals surface area contributed by atoms with Gasteiger partial charge in [-0.1, -0.05) is 28.1 Å². The van der Waals surface area contributed by atoms with Gasteiger partial charge in [-0.15, -0.1) is 0 Å². The minimum absolute atomic E-state index is 0.272. The van der Waals surface area contributed by atoms with Crippen LogP contribution in [0.4, 0.5) is 0 Å². The number of aliphatic hydroxyl groups excluding tert-OH is 1.